The van der Waals surface area contributed by atoms with Crippen LogP contribution in [0.15, 0.2) is 174 Å². The van der Waals surface area contributed by atoms with Crippen LogP contribution in [-0.2, 0) is 0 Å². The van der Waals surface area contributed by atoms with Gasteiger partial charge in [-0.3, -0.25) is 0 Å². The van der Waals surface area contributed by atoms with Crippen LogP contribution in [0.2, 0.25) is 0 Å². The van der Waals surface area contributed by atoms with Crippen molar-refractivity contribution in [3.63, 3.8) is 0 Å². The van der Waals surface area contributed by atoms with Gasteiger partial charge in [0.1, 0.15) is 11.2 Å². The van der Waals surface area contributed by atoms with Gasteiger partial charge in [0.05, 0.1) is 22.6 Å². The number of hydrogen-bond donors (Lipinski definition) is 0. The molecule has 0 unspecified atom stereocenters. The predicted octanol–water partition coefficient (Wildman–Crippen LogP) is 12.5. The van der Waals surface area contributed by atoms with Crippen LogP contribution in [0.1, 0.15) is 0 Å². The van der Waals surface area contributed by atoms with E-state index < -0.39 is 0 Å². The van der Waals surface area contributed by atoms with Gasteiger partial charge in [-0.1, -0.05) is 133 Å². The topological polar surface area (TPSA) is 55.1 Å². The Hall–Kier alpha value is -7.11. The van der Waals surface area contributed by atoms with Crippen molar-refractivity contribution < 1.29 is 4.42 Å². The lowest BCUT2D eigenvalue weighted by molar-refractivity contribution is 0.669. The van der Waals surface area contributed by atoms with Gasteiger partial charge < -0.3 is 9.32 Å². The summed E-state index contributed by atoms with van der Waals surface area (Å²) in [6.45, 7) is 0. The average molecular weight is 665 g/mol. The quantitative estimate of drug-likeness (QED) is 0.187. The molecule has 0 bridgehead atoms. The van der Waals surface area contributed by atoms with Gasteiger partial charge in [0.25, 0.3) is 0 Å². The molecule has 0 atom stereocenters. The zero-order chi connectivity index (χ0) is 34.2. The Morgan fingerprint density at radius 2 is 1.04 bits per heavy atom. The monoisotopic (exact) mass is 664 g/mol. The largest absolute Gasteiger partial charge is 0.456 e. The third-order valence-electron chi connectivity index (χ3n) is 10.2. The minimum absolute atomic E-state index is 0.580. The molecule has 2 aromatic heterocycles. The van der Waals surface area contributed by atoms with E-state index in [0.29, 0.717) is 17.5 Å². The maximum Gasteiger partial charge on any atom is 0.166 e. The number of para-hydroxylation sites is 2. The molecule has 5 nitrogen and oxygen atoms in total. The molecular weight excluding hydrogens is 637 g/mol. The van der Waals surface area contributed by atoms with Gasteiger partial charge in [0.2, 0.25) is 0 Å². The lowest BCUT2D eigenvalue weighted by atomic mass is 9.90. The average Bonchev–Trinajstić information content (AvgIpc) is 3.59. The van der Waals surface area contributed by atoms with Gasteiger partial charge in [0, 0.05) is 32.8 Å². The van der Waals surface area contributed by atoms with E-state index in [2.05, 4.69) is 120 Å². The number of fused-ring (bicyclic) bond motifs is 6. The molecular formula is C47H28N4O. The predicted molar refractivity (Wildman–Crippen MR) is 212 cm³/mol. The van der Waals surface area contributed by atoms with Crippen molar-refractivity contribution in [2.24, 2.45) is 0 Å². The van der Waals surface area contributed by atoms with Crippen LogP contribution < -0.4 is 4.90 Å². The highest BCUT2D eigenvalue weighted by Gasteiger charge is 2.29. The second-order valence-electron chi connectivity index (χ2n) is 13.2. The molecule has 1 aliphatic rings. The molecule has 0 saturated carbocycles. The van der Waals surface area contributed by atoms with Crippen molar-refractivity contribution >= 4 is 60.5 Å². The van der Waals surface area contributed by atoms with E-state index in [1.165, 1.54) is 21.9 Å². The van der Waals surface area contributed by atoms with Crippen molar-refractivity contribution in [3.05, 3.63) is 170 Å². The van der Waals surface area contributed by atoms with Crippen molar-refractivity contribution in [2.75, 3.05) is 4.90 Å². The Morgan fingerprint density at radius 1 is 0.385 bits per heavy atom. The zero-order valence-electron chi connectivity index (χ0n) is 27.9. The van der Waals surface area contributed by atoms with E-state index in [1.807, 2.05) is 54.6 Å². The van der Waals surface area contributed by atoms with Gasteiger partial charge in [-0.25, -0.2) is 15.0 Å². The number of rotatable bonds is 4. The van der Waals surface area contributed by atoms with Gasteiger partial charge in [-0.2, -0.15) is 0 Å². The first kappa shape index (κ1) is 28.7. The molecule has 0 fully saturated rings. The molecule has 0 spiro atoms. The first-order chi connectivity index (χ1) is 25.8. The van der Waals surface area contributed by atoms with Crippen LogP contribution >= 0.6 is 0 Å². The van der Waals surface area contributed by atoms with Gasteiger partial charge in [-0.05, 0) is 58.1 Å². The summed E-state index contributed by atoms with van der Waals surface area (Å²) in [5, 5.41) is 6.75. The first-order valence-corrected chi connectivity index (χ1v) is 17.5. The van der Waals surface area contributed by atoms with Crippen LogP contribution in [0, 0.1) is 0 Å². The highest BCUT2D eigenvalue weighted by molar-refractivity contribution is 6.16. The van der Waals surface area contributed by atoms with Crippen molar-refractivity contribution in [1.82, 2.24) is 15.0 Å². The summed E-state index contributed by atoms with van der Waals surface area (Å²) < 4.78 is 6.31. The van der Waals surface area contributed by atoms with Gasteiger partial charge in [-0.15, -0.1) is 0 Å². The molecule has 0 saturated heterocycles. The standard InChI is InChI=1S/C47H28N4O/c1-2-13-31(14-3-1)45-48-46(32-24-26-36-35-19-7-9-23-41(35)52-42(36)28-32)50-47(49-45)44-33-17-5-4-12-29(33)25-27-40(44)51-38-21-8-6-18-34(38)37-20-10-15-30-16-11-22-39(51)43(30)37/h1-28H. The van der Waals surface area contributed by atoms with E-state index in [0.717, 1.165) is 66.5 Å². The molecule has 8 aromatic carbocycles. The fourth-order valence-corrected chi connectivity index (χ4v) is 7.90. The minimum Gasteiger partial charge on any atom is -0.456 e. The summed E-state index contributed by atoms with van der Waals surface area (Å²) in [5.41, 5.74) is 10.0. The van der Waals surface area contributed by atoms with E-state index >= 15 is 0 Å². The van der Waals surface area contributed by atoms with E-state index in [4.69, 9.17) is 19.4 Å². The Bertz CT molecular complexity index is 3030. The summed E-state index contributed by atoms with van der Waals surface area (Å²) >= 11 is 0. The molecule has 0 aliphatic carbocycles. The summed E-state index contributed by atoms with van der Waals surface area (Å²) in [6, 6.07) is 59.2. The second-order valence-corrected chi connectivity index (χ2v) is 13.2. The lowest BCUT2D eigenvalue weighted by Crippen LogP contribution is -2.16. The number of benzene rings is 8. The lowest BCUT2D eigenvalue weighted by Gasteiger charge is -2.34. The molecule has 0 N–H and O–H groups in total. The van der Waals surface area contributed by atoms with Crippen LogP contribution in [0.3, 0.4) is 0 Å². The summed E-state index contributed by atoms with van der Waals surface area (Å²) in [5.74, 6) is 1.79. The highest BCUT2D eigenvalue weighted by Crippen LogP contribution is 2.53. The second kappa shape index (κ2) is 11.2. The van der Waals surface area contributed by atoms with Crippen LogP contribution in [-0.4, -0.2) is 15.0 Å². The number of nitrogens with zero attached hydrogens (tertiary/aromatic N) is 4. The van der Waals surface area contributed by atoms with Crippen molar-refractivity contribution in [2.45, 2.75) is 0 Å². The molecule has 3 heterocycles. The number of hydrogen-bond acceptors (Lipinski definition) is 5. The number of furan rings is 1. The number of anilines is 3. The molecule has 5 heteroatoms. The number of aromatic nitrogens is 3. The Labute approximate surface area is 299 Å². The van der Waals surface area contributed by atoms with E-state index in [1.54, 1.807) is 0 Å². The van der Waals surface area contributed by atoms with Crippen LogP contribution in [0.4, 0.5) is 17.1 Å². The Balaban J connectivity index is 1.21. The van der Waals surface area contributed by atoms with Gasteiger partial charge in [0.15, 0.2) is 17.5 Å². The molecule has 52 heavy (non-hydrogen) atoms. The Kier molecular flexibility index (Phi) is 6.18. The molecule has 1 aliphatic heterocycles. The van der Waals surface area contributed by atoms with Gasteiger partial charge >= 0.3 is 0 Å². The fraction of sp³-hybridized carbons (Fsp3) is 0. The van der Waals surface area contributed by atoms with E-state index in [9.17, 15) is 0 Å². The fourth-order valence-electron chi connectivity index (χ4n) is 7.90. The highest BCUT2D eigenvalue weighted by atomic mass is 16.3. The third-order valence-corrected chi connectivity index (χ3v) is 10.2. The smallest absolute Gasteiger partial charge is 0.166 e. The third kappa shape index (κ3) is 4.33. The zero-order valence-corrected chi connectivity index (χ0v) is 27.9. The molecule has 11 rings (SSSR count). The maximum atomic E-state index is 6.31. The molecule has 242 valence electrons. The normalized spacial score (nSPS) is 12.2. The molecule has 0 radical (unpaired) electrons. The molecule has 10 aromatic rings. The molecule has 0 amide bonds. The summed E-state index contributed by atoms with van der Waals surface area (Å²) in [7, 11) is 0. The maximum absolute atomic E-state index is 6.31. The first-order valence-electron chi connectivity index (χ1n) is 17.5. The minimum atomic E-state index is 0.580. The van der Waals surface area contributed by atoms with E-state index in [-0.39, 0.29) is 0 Å². The Morgan fingerprint density at radius 3 is 1.94 bits per heavy atom. The van der Waals surface area contributed by atoms with Crippen molar-refractivity contribution in [1.29, 1.82) is 0 Å². The van der Waals surface area contributed by atoms with Crippen molar-refractivity contribution in [3.8, 4) is 45.3 Å². The van der Waals surface area contributed by atoms with Crippen LogP contribution in [0.25, 0.3) is 88.8 Å². The summed E-state index contributed by atoms with van der Waals surface area (Å²) in [4.78, 5) is 18.1. The van der Waals surface area contributed by atoms with Crippen LogP contribution in [0.5, 0.6) is 0 Å². The SMILES string of the molecule is c1ccc(-c2nc(-c3ccc4c(c3)oc3ccccc34)nc(-c3c(N4c5ccccc5-c5cccc6cccc4c56)ccc4ccccc34)n2)cc1. The summed E-state index contributed by atoms with van der Waals surface area (Å²) in [6.07, 6.45) is 0.